The lowest BCUT2D eigenvalue weighted by Gasteiger charge is -2.14. The van der Waals surface area contributed by atoms with Crippen LogP contribution in [0.4, 0.5) is 11.4 Å². The third-order valence-corrected chi connectivity index (χ3v) is 4.08. The van der Waals surface area contributed by atoms with Crippen molar-refractivity contribution in [3.8, 4) is 0 Å². The molecule has 1 aromatic heterocycles. The first-order chi connectivity index (χ1) is 13.8. The number of rotatable bonds is 5. The van der Waals surface area contributed by atoms with Gasteiger partial charge in [-0.1, -0.05) is 12.1 Å². The Hall–Kier alpha value is -3.94. The van der Waals surface area contributed by atoms with Crippen molar-refractivity contribution in [3.05, 3.63) is 70.5 Å². The van der Waals surface area contributed by atoms with Gasteiger partial charge in [0.1, 0.15) is 5.69 Å². The summed E-state index contributed by atoms with van der Waals surface area (Å²) in [6.45, 7) is 2.83. The van der Waals surface area contributed by atoms with Crippen molar-refractivity contribution >= 4 is 40.1 Å². The highest BCUT2D eigenvalue weighted by Crippen LogP contribution is 2.14. The number of carbonyl (C=O) groups excluding carboxylic acids is 3. The van der Waals surface area contributed by atoms with Gasteiger partial charge in [0, 0.05) is 35.3 Å². The Morgan fingerprint density at radius 3 is 2.24 bits per heavy atom. The van der Waals surface area contributed by atoms with Crippen LogP contribution in [0.5, 0.6) is 0 Å². The predicted molar refractivity (Wildman–Crippen MR) is 109 cm³/mol. The first-order valence-corrected chi connectivity index (χ1v) is 8.85. The number of H-pyrrole nitrogens is 1. The highest BCUT2D eigenvalue weighted by molar-refractivity contribution is 5.97. The molecule has 0 radical (unpaired) electrons. The number of nitrogens with one attached hydrogen (secondary N) is 3. The number of hydrogen-bond donors (Lipinski definition) is 3. The first-order valence-electron chi connectivity index (χ1n) is 8.85. The van der Waals surface area contributed by atoms with Gasteiger partial charge >= 0.3 is 5.97 Å². The molecule has 8 heteroatoms. The number of anilines is 2. The van der Waals surface area contributed by atoms with Gasteiger partial charge in [0.05, 0.1) is 0 Å². The highest BCUT2D eigenvalue weighted by atomic mass is 16.5. The number of para-hydroxylation sites is 1. The third-order valence-electron chi connectivity index (χ3n) is 4.08. The van der Waals surface area contributed by atoms with Crippen molar-refractivity contribution in [1.82, 2.24) is 4.98 Å². The number of pyridine rings is 1. The van der Waals surface area contributed by atoms with Gasteiger partial charge in [0.25, 0.3) is 5.91 Å². The van der Waals surface area contributed by atoms with Gasteiger partial charge in [0.2, 0.25) is 5.91 Å². The van der Waals surface area contributed by atoms with Crippen LogP contribution < -0.4 is 16.1 Å². The van der Waals surface area contributed by atoms with E-state index in [2.05, 4.69) is 15.6 Å². The van der Waals surface area contributed by atoms with Gasteiger partial charge < -0.3 is 20.4 Å². The van der Waals surface area contributed by atoms with Crippen molar-refractivity contribution in [2.24, 2.45) is 0 Å². The van der Waals surface area contributed by atoms with Crippen LogP contribution in [0, 0.1) is 0 Å². The van der Waals surface area contributed by atoms with Crippen LogP contribution in [-0.2, 0) is 14.3 Å². The zero-order chi connectivity index (χ0) is 21.0. The average molecular weight is 393 g/mol. The summed E-state index contributed by atoms with van der Waals surface area (Å²) in [5, 5.41) is 5.69. The van der Waals surface area contributed by atoms with Crippen LogP contribution >= 0.6 is 0 Å². The Bertz CT molecular complexity index is 1140. The van der Waals surface area contributed by atoms with Gasteiger partial charge in [-0.25, -0.2) is 4.79 Å². The molecule has 0 bridgehead atoms. The first kappa shape index (κ1) is 19.8. The van der Waals surface area contributed by atoms with E-state index in [1.54, 1.807) is 48.5 Å². The summed E-state index contributed by atoms with van der Waals surface area (Å²) in [5.41, 5.74) is 1.22. The quantitative estimate of drug-likeness (QED) is 0.576. The Balaban J connectivity index is 1.65. The Morgan fingerprint density at radius 2 is 1.59 bits per heavy atom. The maximum absolute atomic E-state index is 12.3. The van der Waals surface area contributed by atoms with E-state index >= 15 is 0 Å². The zero-order valence-electron chi connectivity index (χ0n) is 15.8. The van der Waals surface area contributed by atoms with Crippen LogP contribution in [0.1, 0.15) is 24.3 Å². The number of fused-ring (bicyclic) bond motifs is 1. The topological polar surface area (TPSA) is 117 Å². The lowest BCUT2D eigenvalue weighted by molar-refractivity contribution is -0.123. The fourth-order valence-electron chi connectivity index (χ4n) is 2.67. The van der Waals surface area contributed by atoms with Crippen LogP contribution in [0.25, 0.3) is 10.9 Å². The zero-order valence-corrected chi connectivity index (χ0v) is 15.8. The molecule has 0 unspecified atom stereocenters. The van der Waals surface area contributed by atoms with Crippen LogP contribution in [0.15, 0.2) is 59.4 Å². The second-order valence-electron chi connectivity index (χ2n) is 6.39. The van der Waals surface area contributed by atoms with E-state index in [0.29, 0.717) is 22.3 Å². The SMILES string of the molecule is CC(=O)Nc1ccc(NC(=O)[C@H](C)OC(=O)c2cc(=O)c3ccccc3[nH]2)cc1. The standard InChI is InChI=1S/C21H19N3O5/c1-12(20(27)23-15-9-7-14(8-10-15)22-13(2)25)29-21(28)18-11-19(26)16-5-3-4-6-17(16)24-18/h3-12H,1-2H3,(H,22,25)(H,23,27)(H,24,26)/t12-/m0/s1. The molecular weight excluding hydrogens is 374 g/mol. The second kappa shape index (κ2) is 8.39. The molecule has 1 atom stereocenters. The van der Waals surface area contributed by atoms with Crippen LogP contribution in [0.3, 0.4) is 0 Å². The number of hydrogen-bond acceptors (Lipinski definition) is 5. The molecule has 3 aromatic rings. The normalized spacial score (nSPS) is 11.5. The lowest BCUT2D eigenvalue weighted by Crippen LogP contribution is -2.30. The van der Waals surface area contributed by atoms with E-state index < -0.39 is 18.0 Å². The minimum Gasteiger partial charge on any atom is -0.448 e. The van der Waals surface area contributed by atoms with Gasteiger partial charge in [-0.15, -0.1) is 0 Å². The molecule has 0 saturated heterocycles. The maximum Gasteiger partial charge on any atom is 0.355 e. The third kappa shape index (κ3) is 4.86. The van der Waals surface area contributed by atoms with Crippen LogP contribution in [-0.4, -0.2) is 28.9 Å². The minimum absolute atomic E-state index is 0.0342. The fraction of sp³-hybridized carbons (Fsp3) is 0.143. The van der Waals surface area contributed by atoms with E-state index in [4.69, 9.17) is 4.74 Å². The van der Waals surface area contributed by atoms with E-state index in [1.165, 1.54) is 13.8 Å². The molecule has 8 nitrogen and oxygen atoms in total. The molecule has 0 fully saturated rings. The maximum atomic E-state index is 12.3. The molecule has 29 heavy (non-hydrogen) atoms. The second-order valence-corrected chi connectivity index (χ2v) is 6.39. The predicted octanol–water partition coefficient (Wildman–Crippen LogP) is 2.67. The number of aromatic nitrogens is 1. The van der Waals surface area contributed by atoms with Crippen LogP contribution in [0.2, 0.25) is 0 Å². The summed E-state index contributed by atoms with van der Waals surface area (Å²) in [6.07, 6.45) is -1.09. The van der Waals surface area contributed by atoms with Gasteiger partial charge in [0.15, 0.2) is 11.5 Å². The summed E-state index contributed by atoms with van der Waals surface area (Å²) < 4.78 is 5.17. The van der Waals surface area contributed by atoms with E-state index in [-0.39, 0.29) is 17.0 Å². The smallest absolute Gasteiger partial charge is 0.355 e. The summed E-state index contributed by atoms with van der Waals surface area (Å²) in [4.78, 5) is 50.6. The lowest BCUT2D eigenvalue weighted by atomic mass is 10.2. The van der Waals surface area contributed by atoms with Gasteiger partial charge in [-0.2, -0.15) is 0 Å². The Kier molecular flexibility index (Phi) is 5.73. The molecule has 0 aliphatic carbocycles. The number of ether oxygens (including phenoxy) is 1. The van der Waals surface area contributed by atoms with Crippen molar-refractivity contribution in [3.63, 3.8) is 0 Å². The summed E-state index contributed by atoms with van der Waals surface area (Å²) in [6, 6.07) is 14.4. The fourth-order valence-corrected chi connectivity index (χ4v) is 2.67. The summed E-state index contributed by atoms with van der Waals surface area (Å²) in [5.74, 6) is -1.54. The van der Waals surface area contributed by atoms with E-state index in [9.17, 15) is 19.2 Å². The summed E-state index contributed by atoms with van der Waals surface area (Å²) >= 11 is 0. The molecule has 3 rings (SSSR count). The largest absolute Gasteiger partial charge is 0.448 e. The number of carbonyl (C=O) groups is 3. The molecule has 3 N–H and O–H groups in total. The van der Waals surface area contributed by atoms with Gasteiger partial charge in [-0.05, 0) is 43.3 Å². The van der Waals surface area contributed by atoms with Crippen molar-refractivity contribution < 1.29 is 19.1 Å². The number of esters is 1. The number of aromatic amines is 1. The monoisotopic (exact) mass is 393 g/mol. The molecule has 0 saturated carbocycles. The van der Waals surface area contributed by atoms with Gasteiger partial charge in [-0.3, -0.25) is 14.4 Å². The van der Waals surface area contributed by atoms with E-state index in [1.807, 2.05) is 0 Å². The molecule has 0 aliphatic rings. The van der Waals surface area contributed by atoms with E-state index in [0.717, 1.165) is 6.07 Å². The molecule has 2 aromatic carbocycles. The van der Waals surface area contributed by atoms with Crippen molar-refractivity contribution in [2.45, 2.75) is 20.0 Å². The minimum atomic E-state index is -1.09. The number of benzene rings is 2. The average Bonchev–Trinajstić information content (AvgIpc) is 2.69. The molecular formula is C21H19N3O5. The molecule has 0 spiro atoms. The molecule has 0 aliphatic heterocycles. The molecule has 1 heterocycles. The number of amides is 2. The Labute approximate surface area is 165 Å². The highest BCUT2D eigenvalue weighted by Gasteiger charge is 2.20. The van der Waals surface area contributed by atoms with Crippen molar-refractivity contribution in [2.75, 3.05) is 10.6 Å². The molecule has 2 amide bonds. The Morgan fingerprint density at radius 1 is 0.966 bits per heavy atom. The summed E-state index contributed by atoms with van der Waals surface area (Å²) in [7, 11) is 0. The van der Waals surface area contributed by atoms with Crippen molar-refractivity contribution in [1.29, 1.82) is 0 Å². The molecule has 148 valence electrons.